The first-order valence-electron chi connectivity index (χ1n) is 5.30. The van der Waals surface area contributed by atoms with E-state index in [1.807, 2.05) is 20.8 Å². The lowest BCUT2D eigenvalue weighted by Crippen LogP contribution is -2.56. The Bertz CT molecular complexity index is 218. The van der Waals surface area contributed by atoms with E-state index >= 15 is 0 Å². The molecule has 1 rings (SSSR count). The van der Waals surface area contributed by atoms with E-state index in [-0.39, 0.29) is 17.6 Å². The average Bonchev–Trinajstić information content (AvgIpc) is 1.75. The molecule has 1 atom stereocenters. The molecule has 1 aliphatic heterocycles. The number of carbonyl (C=O) groups excluding carboxylic acids is 1. The molecule has 0 radical (unpaired) electrons. The van der Waals surface area contributed by atoms with Gasteiger partial charge in [0, 0.05) is 12.6 Å². The molecule has 1 fully saturated rings. The second kappa shape index (κ2) is 3.89. The molecule has 0 saturated carbocycles. The van der Waals surface area contributed by atoms with Crippen LogP contribution in [-0.4, -0.2) is 35.1 Å². The van der Waals surface area contributed by atoms with Crippen LogP contribution >= 0.6 is 0 Å². The highest BCUT2D eigenvalue weighted by Crippen LogP contribution is 2.23. The minimum atomic E-state index is -0.366. The third-order valence-electron chi connectivity index (χ3n) is 2.40. The zero-order valence-corrected chi connectivity index (χ0v) is 9.83. The summed E-state index contributed by atoms with van der Waals surface area (Å²) in [6, 6.07) is 0.426. The second-order valence-electron chi connectivity index (χ2n) is 5.17. The van der Waals surface area contributed by atoms with Crippen LogP contribution in [0.25, 0.3) is 0 Å². The molecule has 1 heterocycles. The summed E-state index contributed by atoms with van der Waals surface area (Å²) in [6.07, 6.45) is 0.938. The van der Waals surface area contributed by atoms with Gasteiger partial charge in [0.05, 0.1) is 0 Å². The van der Waals surface area contributed by atoms with Crippen molar-refractivity contribution in [3.05, 3.63) is 0 Å². The second-order valence-corrected chi connectivity index (χ2v) is 5.17. The predicted molar refractivity (Wildman–Crippen MR) is 56.1 cm³/mol. The van der Waals surface area contributed by atoms with Crippen molar-refractivity contribution in [1.29, 1.82) is 0 Å². The predicted octanol–water partition coefficient (Wildman–Crippen LogP) is 1.81. The Balaban J connectivity index is 2.46. The Morgan fingerprint density at radius 1 is 1.43 bits per heavy atom. The van der Waals surface area contributed by atoms with Crippen molar-refractivity contribution >= 4 is 5.97 Å². The van der Waals surface area contributed by atoms with Crippen LogP contribution in [0.2, 0.25) is 0 Å². The van der Waals surface area contributed by atoms with E-state index < -0.39 is 0 Å². The quantitative estimate of drug-likeness (QED) is 0.635. The van der Waals surface area contributed by atoms with Crippen LogP contribution in [0.1, 0.15) is 41.0 Å². The zero-order valence-electron chi connectivity index (χ0n) is 9.83. The summed E-state index contributed by atoms with van der Waals surface area (Å²) in [4.78, 5) is 13.9. The number of nitrogens with zero attached hydrogens (tertiary/aromatic N) is 1. The van der Waals surface area contributed by atoms with Gasteiger partial charge in [0.25, 0.3) is 0 Å². The van der Waals surface area contributed by atoms with Gasteiger partial charge in [-0.25, -0.2) is 0 Å². The molecule has 0 aromatic heterocycles. The number of ether oxygens (including phenoxy) is 1. The van der Waals surface area contributed by atoms with Crippen LogP contribution in [0.3, 0.4) is 0 Å². The molecule has 14 heavy (non-hydrogen) atoms. The fourth-order valence-corrected chi connectivity index (χ4v) is 1.65. The van der Waals surface area contributed by atoms with E-state index in [9.17, 15) is 4.79 Å². The maximum Gasteiger partial charge on any atom is 0.323 e. The van der Waals surface area contributed by atoms with Gasteiger partial charge in [0.15, 0.2) is 0 Å². The molecule has 3 heteroatoms. The fraction of sp³-hybridized carbons (Fsp3) is 0.909. The summed E-state index contributed by atoms with van der Waals surface area (Å²) < 4.78 is 5.34. The summed E-state index contributed by atoms with van der Waals surface area (Å²) in [5.41, 5.74) is -0.366. The maximum absolute atomic E-state index is 11.7. The molecule has 1 unspecified atom stereocenters. The lowest BCUT2D eigenvalue weighted by molar-refractivity contribution is -0.167. The van der Waals surface area contributed by atoms with Gasteiger partial charge < -0.3 is 4.74 Å². The van der Waals surface area contributed by atoms with Gasteiger partial charge in [-0.1, -0.05) is 0 Å². The molecule has 1 saturated heterocycles. The molecule has 0 bridgehead atoms. The van der Waals surface area contributed by atoms with Crippen molar-refractivity contribution in [2.45, 2.75) is 58.7 Å². The highest BCUT2D eigenvalue weighted by atomic mass is 16.6. The van der Waals surface area contributed by atoms with E-state index in [4.69, 9.17) is 4.74 Å². The average molecular weight is 199 g/mol. The first kappa shape index (κ1) is 11.5. The first-order valence-corrected chi connectivity index (χ1v) is 5.30. The molecule has 0 aromatic carbocycles. The number of likely N-dealkylation sites (tertiary alicyclic amines) is 1. The highest BCUT2D eigenvalue weighted by molar-refractivity contribution is 5.77. The zero-order chi connectivity index (χ0) is 10.9. The van der Waals surface area contributed by atoms with E-state index in [0.29, 0.717) is 6.04 Å². The van der Waals surface area contributed by atoms with Crippen molar-refractivity contribution in [3.8, 4) is 0 Å². The topological polar surface area (TPSA) is 29.5 Å². The molecule has 1 aliphatic rings. The van der Waals surface area contributed by atoms with Gasteiger partial charge in [-0.05, 0) is 41.0 Å². The van der Waals surface area contributed by atoms with Gasteiger partial charge in [-0.2, -0.15) is 0 Å². The summed E-state index contributed by atoms with van der Waals surface area (Å²) in [7, 11) is 0. The van der Waals surface area contributed by atoms with Crippen LogP contribution in [-0.2, 0) is 9.53 Å². The number of hydrogen-bond acceptors (Lipinski definition) is 3. The van der Waals surface area contributed by atoms with Crippen molar-refractivity contribution in [1.82, 2.24) is 4.90 Å². The van der Waals surface area contributed by atoms with Gasteiger partial charge in [0.2, 0.25) is 0 Å². The monoisotopic (exact) mass is 199 g/mol. The molecule has 3 nitrogen and oxygen atoms in total. The van der Waals surface area contributed by atoms with Crippen LogP contribution in [0.15, 0.2) is 0 Å². The van der Waals surface area contributed by atoms with Crippen molar-refractivity contribution in [2.24, 2.45) is 0 Å². The van der Waals surface area contributed by atoms with Crippen molar-refractivity contribution in [2.75, 3.05) is 6.54 Å². The summed E-state index contributed by atoms with van der Waals surface area (Å²) in [6.45, 7) is 10.9. The Morgan fingerprint density at radius 2 is 2.00 bits per heavy atom. The molecular weight excluding hydrogens is 178 g/mol. The third-order valence-corrected chi connectivity index (χ3v) is 2.40. The molecule has 0 aromatic rings. The fourth-order valence-electron chi connectivity index (χ4n) is 1.65. The summed E-state index contributed by atoms with van der Waals surface area (Å²) in [5.74, 6) is -0.0718. The number of carbonyl (C=O) groups is 1. The van der Waals surface area contributed by atoms with Crippen LogP contribution < -0.4 is 0 Å². The van der Waals surface area contributed by atoms with Gasteiger partial charge >= 0.3 is 5.97 Å². The largest absolute Gasteiger partial charge is 0.459 e. The number of rotatable bonds is 2. The molecule has 0 aliphatic carbocycles. The lowest BCUT2D eigenvalue weighted by Gasteiger charge is -2.42. The standard InChI is InChI=1S/C11H21NO2/c1-8(2)12-7-6-9(12)10(13)14-11(3,4)5/h8-9H,6-7H2,1-5H3. The molecule has 0 N–H and O–H groups in total. The molecule has 0 spiro atoms. The molecular formula is C11H21NO2. The van der Waals surface area contributed by atoms with Gasteiger partial charge in [0.1, 0.15) is 11.6 Å². The van der Waals surface area contributed by atoms with E-state index in [0.717, 1.165) is 13.0 Å². The smallest absolute Gasteiger partial charge is 0.323 e. The lowest BCUT2D eigenvalue weighted by atomic mass is 10.0. The highest BCUT2D eigenvalue weighted by Gasteiger charge is 2.38. The number of esters is 1. The molecule has 82 valence electrons. The van der Waals surface area contributed by atoms with Crippen LogP contribution in [0, 0.1) is 0 Å². The summed E-state index contributed by atoms with van der Waals surface area (Å²) >= 11 is 0. The molecule has 0 amide bonds. The van der Waals surface area contributed by atoms with E-state index in [2.05, 4.69) is 18.7 Å². The van der Waals surface area contributed by atoms with E-state index in [1.165, 1.54) is 0 Å². The normalized spacial score (nSPS) is 23.4. The maximum atomic E-state index is 11.7. The Hall–Kier alpha value is -0.570. The Kier molecular flexibility index (Phi) is 3.20. The van der Waals surface area contributed by atoms with Gasteiger partial charge in [-0.3, -0.25) is 9.69 Å². The third kappa shape index (κ3) is 2.71. The van der Waals surface area contributed by atoms with Crippen LogP contribution in [0.4, 0.5) is 0 Å². The van der Waals surface area contributed by atoms with E-state index in [1.54, 1.807) is 0 Å². The Labute approximate surface area is 86.4 Å². The summed E-state index contributed by atoms with van der Waals surface area (Å²) in [5, 5.41) is 0. The Morgan fingerprint density at radius 3 is 2.29 bits per heavy atom. The first-order chi connectivity index (χ1) is 6.31. The SMILES string of the molecule is CC(C)N1CCC1C(=O)OC(C)(C)C. The number of hydrogen-bond donors (Lipinski definition) is 0. The minimum Gasteiger partial charge on any atom is -0.459 e. The van der Waals surface area contributed by atoms with Gasteiger partial charge in [-0.15, -0.1) is 0 Å². The van der Waals surface area contributed by atoms with Crippen LogP contribution in [0.5, 0.6) is 0 Å². The minimum absolute atomic E-state index is 0.00535. The van der Waals surface area contributed by atoms with Crippen molar-refractivity contribution < 1.29 is 9.53 Å². The van der Waals surface area contributed by atoms with Crippen molar-refractivity contribution in [3.63, 3.8) is 0 Å².